The van der Waals surface area contributed by atoms with Crippen LogP contribution in [0.2, 0.25) is 11.1 Å². The number of fused-ring (bicyclic) bond motifs is 1. The SMILES string of the molecule is CCO[Si](CCC(N)N1ONc2c(Cl)ccc([N+](=O)[O-])c21)(OCC)OCC. The average Bonchev–Trinajstić information content (AvgIpc) is 3.06. The van der Waals surface area contributed by atoms with Gasteiger partial charge in [-0.1, -0.05) is 11.6 Å². The smallest absolute Gasteiger partial charge is 0.374 e. The third-order valence-electron chi connectivity index (χ3n) is 3.91. The Bertz CT molecular complexity index is 650. The van der Waals surface area contributed by atoms with Gasteiger partial charge in [-0.25, -0.2) is 10.5 Å². The zero-order valence-electron chi connectivity index (χ0n) is 15.6. The standard InChI is InChI=1S/C15H25ClN4O6Si/c1-4-23-27(24-5-2,25-6-3)10-9-13(17)19-15-12(20(21)22)8-7-11(16)14(15)18-26-19/h7-8,13,18H,4-6,9-10,17H2,1-3H3. The zero-order valence-corrected chi connectivity index (χ0v) is 17.3. The Morgan fingerprint density at radius 2 is 1.89 bits per heavy atom. The molecule has 12 heteroatoms. The van der Waals surface area contributed by atoms with Crippen LogP contribution in [0.15, 0.2) is 12.1 Å². The fraction of sp³-hybridized carbons (Fsp3) is 0.600. The van der Waals surface area contributed by atoms with Crippen LogP contribution < -0.4 is 16.3 Å². The molecule has 0 fully saturated rings. The van der Waals surface area contributed by atoms with Gasteiger partial charge in [0.05, 0.1) is 9.95 Å². The lowest BCUT2D eigenvalue weighted by atomic mass is 10.2. The van der Waals surface area contributed by atoms with E-state index in [0.29, 0.717) is 43.0 Å². The van der Waals surface area contributed by atoms with Crippen molar-refractivity contribution in [1.82, 2.24) is 0 Å². The van der Waals surface area contributed by atoms with E-state index in [9.17, 15) is 10.1 Å². The number of benzene rings is 1. The first-order valence-corrected chi connectivity index (χ1v) is 11.1. The van der Waals surface area contributed by atoms with Crippen molar-refractivity contribution in [1.29, 1.82) is 0 Å². The minimum atomic E-state index is -2.89. The molecule has 2 rings (SSSR count). The van der Waals surface area contributed by atoms with E-state index in [-0.39, 0.29) is 11.4 Å². The Balaban J connectivity index is 2.19. The third kappa shape index (κ3) is 4.88. The fourth-order valence-corrected chi connectivity index (χ4v) is 5.68. The predicted octanol–water partition coefficient (Wildman–Crippen LogP) is 3.05. The maximum absolute atomic E-state index is 11.4. The molecule has 3 N–H and O–H groups in total. The number of hydrogen-bond acceptors (Lipinski definition) is 9. The number of anilines is 2. The van der Waals surface area contributed by atoms with E-state index in [1.54, 1.807) is 0 Å². The van der Waals surface area contributed by atoms with Crippen LogP contribution in [0.5, 0.6) is 0 Å². The molecule has 1 aliphatic rings. The van der Waals surface area contributed by atoms with Crippen LogP contribution in [-0.2, 0) is 18.2 Å². The Labute approximate surface area is 163 Å². The lowest BCUT2D eigenvalue weighted by Crippen LogP contribution is -2.49. The van der Waals surface area contributed by atoms with Crippen LogP contribution in [0.3, 0.4) is 0 Å². The highest BCUT2D eigenvalue weighted by atomic mass is 35.5. The van der Waals surface area contributed by atoms with E-state index in [4.69, 9.17) is 35.6 Å². The Hall–Kier alpha value is -1.47. The van der Waals surface area contributed by atoms with Crippen molar-refractivity contribution in [3.05, 3.63) is 27.3 Å². The van der Waals surface area contributed by atoms with Crippen LogP contribution in [0, 0.1) is 10.1 Å². The summed E-state index contributed by atoms with van der Waals surface area (Å²) in [6, 6.07) is 3.19. The molecule has 0 amide bonds. The van der Waals surface area contributed by atoms with Gasteiger partial charge in [0.15, 0.2) is 5.69 Å². The van der Waals surface area contributed by atoms with E-state index in [1.807, 2.05) is 20.8 Å². The molecule has 0 spiro atoms. The first-order valence-electron chi connectivity index (χ1n) is 8.75. The lowest BCUT2D eigenvalue weighted by Gasteiger charge is -2.30. The van der Waals surface area contributed by atoms with E-state index in [2.05, 4.69) is 5.48 Å². The molecule has 10 nitrogen and oxygen atoms in total. The molecule has 0 aliphatic carbocycles. The van der Waals surface area contributed by atoms with Gasteiger partial charge in [-0.3, -0.25) is 10.1 Å². The number of hydroxylamine groups is 1. The van der Waals surface area contributed by atoms with Gasteiger partial charge in [-0.15, -0.1) is 0 Å². The molecule has 27 heavy (non-hydrogen) atoms. The van der Waals surface area contributed by atoms with E-state index in [1.165, 1.54) is 17.2 Å². The normalized spacial score (nSPS) is 14.8. The van der Waals surface area contributed by atoms with E-state index in [0.717, 1.165) is 0 Å². The van der Waals surface area contributed by atoms with Crippen molar-refractivity contribution in [3.8, 4) is 0 Å². The van der Waals surface area contributed by atoms with Crippen LogP contribution in [0.1, 0.15) is 27.2 Å². The summed E-state index contributed by atoms with van der Waals surface area (Å²) < 4.78 is 17.4. The van der Waals surface area contributed by atoms with Crippen LogP contribution in [0.25, 0.3) is 0 Å². The third-order valence-corrected chi connectivity index (χ3v) is 7.31. The number of nitro benzene ring substituents is 1. The van der Waals surface area contributed by atoms with Gasteiger partial charge in [0.2, 0.25) is 0 Å². The van der Waals surface area contributed by atoms with Gasteiger partial charge < -0.3 is 19.0 Å². The summed E-state index contributed by atoms with van der Waals surface area (Å²) in [5.41, 5.74) is 9.20. The van der Waals surface area contributed by atoms with Gasteiger partial charge >= 0.3 is 8.80 Å². The highest BCUT2D eigenvalue weighted by Crippen LogP contribution is 2.45. The Morgan fingerprint density at radius 3 is 2.41 bits per heavy atom. The number of nitrogens with two attached hydrogens (primary N) is 1. The number of nitro groups is 1. The zero-order chi connectivity index (χ0) is 20.0. The number of nitrogens with zero attached hydrogens (tertiary/aromatic N) is 2. The van der Waals surface area contributed by atoms with E-state index >= 15 is 0 Å². The van der Waals surface area contributed by atoms with Crippen molar-refractivity contribution < 1.29 is 23.1 Å². The summed E-state index contributed by atoms with van der Waals surface area (Å²) in [6.07, 6.45) is -0.332. The van der Waals surface area contributed by atoms with Gasteiger partial charge in [0.25, 0.3) is 5.69 Å². The van der Waals surface area contributed by atoms with Gasteiger partial charge in [0, 0.05) is 31.9 Å². The first-order chi connectivity index (χ1) is 12.9. The van der Waals surface area contributed by atoms with E-state index < -0.39 is 19.9 Å². The first kappa shape index (κ1) is 21.8. The summed E-state index contributed by atoms with van der Waals surface area (Å²) in [5, 5.41) is 12.9. The predicted molar refractivity (Wildman–Crippen MR) is 103 cm³/mol. The van der Waals surface area contributed by atoms with Crippen LogP contribution in [0.4, 0.5) is 17.1 Å². The molecule has 1 atom stereocenters. The van der Waals surface area contributed by atoms with Crippen molar-refractivity contribution in [2.24, 2.45) is 5.73 Å². The molecule has 152 valence electrons. The van der Waals surface area contributed by atoms with Crippen molar-refractivity contribution in [2.45, 2.75) is 39.4 Å². The largest absolute Gasteiger partial charge is 0.501 e. The highest BCUT2D eigenvalue weighted by molar-refractivity contribution is 6.60. The second-order valence-corrected chi connectivity index (χ2v) is 8.79. The second-order valence-electron chi connectivity index (χ2n) is 5.65. The molecule has 0 saturated carbocycles. The molecule has 1 heterocycles. The molecule has 0 saturated heterocycles. The average molecular weight is 421 g/mol. The monoisotopic (exact) mass is 420 g/mol. The molecule has 1 aromatic carbocycles. The highest BCUT2D eigenvalue weighted by Gasteiger charge is 2.42. The maximum Gasteiger partial charge on any atom is 0.501 e. The molecule has 0 bridgehead atoms. The molecule has 0 aromatic heterocycles. The minimum Gasteiger partial charge on any atom is -0.374 e. The summed E-state index contributed by atoms with van der Waals surface area (Å²) in [5.74, 6) is 0. The molecule has 1 aromatic rings. The van der Waals surface area contributed by atoms with Crippen LogP contribution in [-0.4, -0.2) is 39.7 Å². The van der Waals surface area contributed by atoms with Crippen molar-refractivity contribution in [2.75, 3.05) is 30.4 Å². The lowest BCUT2D eigenvalue weighted by molar-refractivity contribution is -0.384. The van der Waals surface area contributed by atoms with Gasteiger partial charge in [-0.2, -0.15) is 4.94 Å². The summed E-state index contributed by atoms with van der Waals surface area (Å²) in [4.78, 5) is 16.2. The number of nitrogens with one attached hydrogen (secondary N) is 1. The molecule has 1 unspecified atom stereocenters. The van der Waals surface area contributed by atoms with Gasteiger partial charge in [-0.05, 0) is 33.3 Å². The summed E-state index contributed by atoms with van der Waals surface area (Å²) in [6.45, 7) is 6.96. The second kappa shape index (κ2) is 9.64. The maximum atomic E-state index is 11.4. The van der Waals surface area contributed by atoms with Crippen molar-refractivity contribution >= 4 is 37.5 Å². The molecular formula is C15H25ClN4O6Si. The van der Waals surface area contributed by atoms with Crippen LogP contribution >= 0.6 is 11.6 Å². The molecule has 0 radical (unpaired) electrons. The summed E-state index contributed by atoms with van der Waals surface area (Å²) in [7, 11) is -2.89. The topological polar surface area (TPSA) is 121 Å². The minimum absolute atomic E-state index is 0.155. The number of halogens is 1. The number of rotatable bonds is 11. The fourth-order valence-electron chi connectivity index (χ4n) is 2.84. The Kier molecular flexibility index (Phi) is 7.79. The quantitative estimate of drug-likeness (QED) is 0.316. The Morgan fingerprint density at radius 1 is 1.30 bits per heavy atom. The molecule has 1 aliphatic heterocycles. The summed E-state index contributed by atoms with van der Waals surface area (Å²) >= 11 is 6.10. The number of hydrogen-bond donors (Lipinski definition) is 2. The molecular weight excluding hydrogens is 396 g/mol. The van der Waals surface area contributed by atoms with Crippen molar-refractivity contribution in [3.63, 3.8) is 0 Å². The van der Waals surface area contributed by atoms with Gasteiger partial charge in [0.1, 0.15) is 11.9 Å².